The number of amides is 1. The van der Waals surface area contributed by atoms with Gasteiger partial charge < -0.3 is 14.8 Å². The van der Waals surface area contributed by atoms with Crippen molar-refractivity contribution in [2.24, 2.45) is 0 Å². The van der Waals surface area contributed by atoms with Gasteiger partial charge in [-0.2, -0.15) is 5.26 Å². The molecule has 3 rings (SSSR count). The predicted molar refractivity (Wildman–Crippen MR) is 116 cm³/mol. The third kappa shape index (κ3) is 5.63. The number of thiophene rings is 1. The van der Waals surface area contributed by atoms with E-state index in [1.807, 2.05) is 6.07 Å². The van der Waals surface area contributed by atoms with Crippen molar-refractivity contribution >= 4 is 40.0 Å². The summed E-state index contributed by atoms with van der Waals surface area (Å²) in [6.45, 7) is 3.51. The molecule has 0 saturated heterocycles. The summed E-state index contributed by atoms with van der Waals surface area (Å²) in [5.74, 6) is -0.966. The Morgan fingerprint density at radius 3 is 2.88 bits per heavy atom. The van der Waals surface area contributed by atoms with E-state index in [2.05, 4.69) is 20.5 Å². The van der Waals surface area contributed by atoms with Crippen LogP contribution >= 0.6 is 23.1 Å². The van der Waals surface area contributed by atoms with Crippen LogP contribution in [0.25, 0.3) is 0 Å². The molecule has 0 bridgehead atoms. The quantitative estimate of drug-likeness (QED) is 0.354. The van der Waals surface area contributed by atoms with Gasteiger partial charge in [0.2, 0.25) is 11.1 Å². The number of halogens is 1. The second kappa shape index (κ2) is 10.7. The maximum atomic E-state index is 13.6. The highest BCUT2D eigenvalue weighted by Gasteiger charge is 2.22. The Hall–Kier alpha value is -3.43. The molecule has 2 N–H and O–H groups in total. The molecule has 9 nitrogen and oxygen atoms in total. The highest BCUT2D eigenvalue weighted by atomic mass is 32.2. The molecule has 0 atom stereocenters. The summed E-state index contributed by atoms with van der Waals surface area (Å²) in [5, 5.41) is 19.3. The number of para-hydroxylation sites is 1. The normalized spacial score (nSPS) is 10.4. The van der Waals surface area contributed by atoms with Gasteiger partial charge in [-0.15, -0.1) is 16.4 Å². The van der Waals surface area contributed by atoms with E-state index >= 15 is 0 Å². The first kappa shape index (κ1) is 23.2. The molecular formula is C20H18FN5O4S2. The van der Waals surface area contributed by atoms with Crippen LogP contribution in [0.1, 0.15) is 33.5 Å². The van der Waals surface area contributed by atoms with Gasteiger partial charge >= 0.3 is 5.97 Å². The highest BCUT2D eigenvalue weighted by molar-refractivity contribution is 7.99. The van der Waals surface area contributed by atoms with E-state index in [0.717, 1.165) is 23.1 Å². The number of nitrogens with zero attached hydrogens (tertiary/aromatic N) is 3. The lowest BCUT2D eigenvalue weighted by atomic mass is 10.2. The van der Waals surface area contributed by atoms with Crippen molar-refractivity contribution in [1.82, 2.24) is 15.2 Å². The molecule has 0 radical (unpaired) electrons. The van der Waals surface area contributed by atoms with E-state index in [1.165, 1.54) is 12.1 Å². The summed E-state index contributed by atoms with van der Waals surface area (Å²) in [4.78, 5) is 28.8. The molecule has 32 heavy (non-hydrogen) atoms. The number of carbonyl (C=O) groups excluding carboxylic acids is 2. The number of anilines is 1. The van der Waals surface area contributed by atoms with Crippen LogP contribution < -0.4 is 10.1 Å². The van der Waals surface area contributed by atoms with Gasteiger partial charge in [0.05, 0.1) is 17.9 Å². The number of benzene rings is 1. The Balaban J connectivity index is 1.56. The molecular weight excluding hydrogens is 457 g/mol. The molecule has 0 unspecified atom stereocenters. The number of H-pyrrole nitrogens is 1. The van der Waals surface area contributed by atoms with Crippen LogP contribution in [0.3, 0.4) is 0 Å². The van der Waals surface area contributed by atoms with Crippen molar-refractivity contribution in [1.29, 1.82) is 5.26 Å². The van der Waals surface area contributed by atoms with Gasteiger partial charge in [-0.05, 0) is 31.5 Å². The summed E-state index contributed by atoms with van der Waals surface area (Å²) < 4.78 is 23.9. The third-order valence-electron chi connectivity index (χ3n) is 4.02. The van der Waals surface area contributed by atoms with E-state index in [0.29, 0.717) is 16.5 Å². The van der Waals surface area contributed by atoms with Gasteiger partial charge in [-0.1, -0.05) is 23.9 Å². The summed E-state index contributed by atoms with van der Waals surface area (Å²) in [6.07, 6.45) is 0. The fourth-order valence-corrected chi connectivity index (χ4v) is 4.22. The van der Waals surface area contributed by atoms with Crippen molar-refractivity contribution in [3.05, 3.63) is 51.9 Å². The summed E-state index contributed by atoms with van der Waals surface area (Å²) in [5.41, 5.74) is 0.689. The van der Waals surface area contributed by atoms with Crippen LogP contribution in [0.5, 0.6) is 5.75 Å². The van der Waals surface area contributed by atoms with E-state index in [4.69, 9.17) is 9.47 Å². The fourth-order valence-electron chi connectivity index (χ4n) is 2.54. The topological polar surface area (TPSA) is 130 Å². The molecule has 2 heterocycles. The van der Waals surface area contributed by atoms with Crippen LogP contribution in [0.4, 0.5) is 9.39 Å². The first-order valence-corrected chi connectivity index (χ1v) is 11.1. The maximum absolute atomic E-state index is 13.6. The van der Waals surface area contributed by atoms with Gasteiger partial charge in [0.15, 0.2) is 17.4 Å². The Bertz CT molecular complexity index is 1170. The molecule has 1 aromatic carbocycles. The first-order valence-electron chi connectivity index (χ1n) is 9.34. The third-order valence-corrected chi connectivity index (χ3v) is 6.05. The molecule has 3 aromatic rings. The minimum absolute atomic E-state index is 0.0165. The summed E-state index contributed by atoms with van der Waals surface area (Å²) >= 11 is 2.06. The Kier molecular flexibility index (Phi) is 7.80. The molecule has 0 spiro atoms. The number of nitriles is 1. The number of ether oxygens (including phenoxy) is 2. The molecule has 1 amide bonds. The zero-order valence-electron chi connectivity index (χ0n) is 17.1. The standard InChI is InChI=1S/C20H18FN5O4S2/c1-3-29-19(28)17-11(2)12(8-22)18(32-17)24-16(27)10-31-20-23-15(25-26-20)9-30-14-7-5-4-6-13(14)21/h4-7H,3,9-10H2,1-2H3,(H,24,27)(H,23,25,26). The smallest absolute Gasteiger partial charge is 0.348 e. The van der Waals surface area contributed by atoms with Crippen molar-refractivity contribution in [2.45, 2.75) is 25.6 Å². The number of hydrogen-bond acceptors (Lipinski definition) is 9. The Morgan fingerprint density at radius 2 is 2.16 bits per heavy atom. The minimum atomic E-state index is -0.535. The largest absolute Gasteiger partial charge is 0.483 e. The average Bonchev–Trinajstić information content (AvgIpc) is 3.35. The highest BCUT2D eigenvalue weighted by Crippen LogP contribution is 2.33. The predicted octanol–water partition coefficient (Wildman–Crippen LogP) is 3.67. The molecule has 166 valence electrons. The van der Waals surface area contributed by atoms with E-state index < -0.39 is 17.7 Å². The monoisotopic (exact) mass is 475 g/mol. The zero-order chi connectivity index (χ0) is 23.1. The van der Waals surface area contributed by atoms with Crippen LogP contribution in [0, 0.1) is 24.1 Å². The molecule has 0 saturated carbocycles. The molecule has 0 aliphatic heterocycles. The number of thioether (sulfide) groups is 1. The van der Waals surface area contributed by atoms with E-state index in [9.17, 15) is 19.2 Å². The van der Waals surface area contributed by atoms with Gasteiger partial charge in [0.25, 0.3) is 0 Å². The molecule has 0 fully saturated rings. The van der Waals surface area contributed by atoms with Crippen LogP contribution in [0.2, 0.25) is 0 Å². The number of aromatic amines is 1. The van der Waals surface area contributed by atoms with E-state index in [1.54, 1.807) is 26.0 Å². The second-order valence-corrected chi connectivity index (χ2v) is 8.18. The van der Waals surface area contributed by atoms with Gasteiger partial charge in [0, 0.05) is 0 Å². The Morgan fingerprint density at radius 1 is 1.38 bits per heavy atom. The zero-order valence-corrected chi connectivity index (χ0v) is 18.7. The Labute approximate surface area is 191 Å². The average molecular weight is 476 g/mol. The lowest BCUT2D eigenvalue weighted by Crippen LogP contribution is -2.14. The number of esters is 1. The van der Waals surface area contributed by atoms with Crippen LogP contribution in [0.15, 0.2) is 29.4 Å². The number of carbonyl (C=O) groups is 2. The number of nitrogens with one attached hydrogen (secondary N) is 2. The van der Waals surface area contributed by atoms with Crippen molar-refractivity contribution in [2.75, 3.05) is 17.7 Å². The maximum Gasteiger partial charge on any atom is 0.348 e. The molecule has 0 aliphatic carbocycles. The lowest BCUT2D eigenvalue weighted by Gasteiger charge is -2.04. The molecule has 2 aromatic heterocycles. The fraction of sp³-hybridized carbons (Fsp3) is 0.250. The number of aromatic nitrogens is 3. The second-order valence-electron chi connectivity index (χ2n) is 6.21. The van der Waals surface area contributed by atoms with Gasteiger partial charge in [-0.25, -0.2) is 14.2 Å². The molecule has 12 heteroatoms. The number of hydrogen-bond donors (Lipinski definition) is 2. The number of rotatable bonds is 9. The lowest BCUT2D eigenvalue weighted by molar-refractivity contribution is -0.113. The SMILES string of the molecule is CCOC(=O)c1sc(NC(=O)CSc2n[nH]c(COc3ccccc3F)n2)c(C#N)c1C. The van der Waals surface area contributed by atoms with Crippen molar-refractivity contribution in [3.8, 4) is 11.8 Å². The summed E-state index contributed by atoms with van der Waals surface area (Å²) in [6, 6.07) is 8.01. The van der Waals surface area contributed by atoms with Crippen molar-refractivity contribution < 1.29 is 23.5 Å². The van der Waals surface area contributed by atoms with Gasteiger partial charge in [0.1, 0.15) is 22.6 Å². The van der Waals surface area contributed by atoms with Crippen LogP contribution in [-0.4, -0.2) is 39.4 Å². The van der Waals surface area contributed by atoms with Crippen molar-refractivity contribution in [3.63, 3.8) is 0 Å². The summed E-state index contributed by atoms with van der Waals surface area (Å²) in [7, 11) is 0. The first-order chi connectivity index (χ1) is 15.4. The minimum Gasteiger partial charge on any atom is -0.483 e. The van der Waals surface area contributed by atoms with Crippen LogP contribution in [-0.2, 0) is 16.1 Å². The van der Waals surface area contributed by atoms with E-state index in [-0.39, 0.29) is 40.2 Å². The molecule has 0 aliphatic rings. The van der Waals surface area contributed by atoms with Gasteiger partial charge in [-0.3, -0.25) is 9.89 Å².